The van der Waals surface area contributed by atoms with E-state index in [2.05, 4.69) is 6.92 Å². The third kappa shape index (κ3) is 3.06. The minimum Gasteiger partial charge on any atom is -0.461 e. The second kappa shape index (κ2) is 7.74. The van der Waals surface area contributed by atoms with Crippen LogP contribution in [0.5, 0.6) is 0 Å². The normalized spacial score (nSPS) is 38.9. The first kappa shape index (κ1) is 22.0. The third-order valence-corrected chi connectivity index (χ3v) is 7.26. The lowest BCUT2D eigenvalue weighted by Crippen LogP contribution is -2.59. The number of aliphatic hydroxyl groups is 1. The molecule has 8 heteroatoms. The topological polar surface area (TPSA) is 96.4 Å². The fraction of sp³-hybridized carbons (Fsp3) is 0.696. The van der Waals surface area contributed by atoms with Gasteiger partial charge in [-0.2, -0.15) is 0 Å². The van der Waals surface area contributed by atoms with E-state index in [4.69, 9.17) is 9.47 Å². The van der Waals surface area contributed by atoms with Crippen LogP contribution in [0.4, 0.5) is 0 Å². The Bertz CT molecular complexity index is 840. The molecule has 4 aliphatic heterocycles. The zero-order valence-electron chi connectivity index (χ0n) is 18.6. The lowest BCUT2D eigenvalue weighted by Gasteiger charge is -2.40. The van der Waals surface area contributed by atoms with Gasteiger partial charge in [-0.05, 0) is 33.3 Å². The molecule has 7 atom stereocenters. The van der Waals surface area contributed by atoms with Crippen LogP contribution < -0.4 is 0 Å². The molecule has 0 aliphatic carbocycles. The fourth-order valence-electron chi connectivity index (χ4n) is 5.84. The lowest BCUT2D eigenvalue weighted by molar-refractivity contribution is -0.160. The highest BCUT2D eigenvalue weighted by Crippen LogP contribution is 2.57. The molecule has 0 aromatic rings. The van der Waals surface area contributed by atoms with E-state index in [1.165, 1.54) is 4.90 Å². The number of cyclic esters (lactones) is 1. The predicted molar refractivity (Wildman–Crippen MR) is 112 cm³/mol. The molecule has 2 saturated heterocycles. The van der Waals surface area contributed by atoms with Crippen LogP contribution in [-0.2, 0) is 23.9 Å². The Balaban J connectivity index is 1.87. The molecule has 0 aromatic heterocycles. The van der Waals surface area contributed by atoms with Gasteiger partial charge in [0.1, 0.15) is 24.2 Å². The van der Waals surface area contributed by atoms with E-state index >= 15 is 0 Å². The Labute approximate surface area is 182 Å². The van der Waals surface area contributed by atoms with Crippen molar-refractivity contribution in [1.29, 1.82) is 0 Å². The summed E-state index contributed by atoms with van der Waals surface area (Å²) in [6, 6.07) is -1.55. The van der Waals surface area contributed by atoms with Crippen molar-refractivity contribution in [2.75, 3.05) is 19.8 Å². The average molecular weight is 433 g/mol. The maximum Gasteiger partial charge on any atom is 0.313 e. The number of aliphatic hydroxyl groups excluding tert-OH is 1. The largest absolute Gasteiger partial charge is 0.461 e. The molecule has 4 rings (SSSR count). The summed E-state index contributed by atoms with van der Waals surface area (Å²) in [5.41, 5.74) is -2.35. The number of hydrogen-bond donors (Lipinski definition) is 1. The second-order valence-electron chi connectivity index (χ2n) is 9.34. The van der Waals surface area contributed by atoms with Crippen molar-refractivity contribution in [2.45, 2.75) is 69.9 Å². The van der Waals surface area contributed by atoms with E-state index in [0.29, 0.717) is 6.54 Å². The zero-order chi connectivity index (χ0) is 22.6. The number of carbonyl (C=O) groups is 3. The summed E-state index contributed by atoms with van der Waals surface area (Å²) in [5, 5.41) is 9.88. The van der Waals surface area contributed by atoms with E-state index in [0.717, 1.165) is 12.8 Å². The highest BCUT2D eigenvalue weighted by atomic mass is 16.6. The number of esters is 1. The van der Waals surface area contributed by atoms with Gasteiger partial charge in [0.2, 0.25) is 11.8 Å². The van der Waals surface area contributed by atoms with Crippen LogP contribution in [0.15, 0.2) is 24.3 Å². The van der Waals surface area contributed by atoms with Crippen LogP contribution >= 0.6 is 0 Å². The molecule has 4 heterocycles. The number of hydrogen-bond acceptors (Lipinski definition) is 6. The molecule has 0 aromatic carbocycles. The second-order valence-corrected chi connectivity index (χ2v) is 9.34. The molecule has 0 bridgehead atoms. The number of rotatable bonds is 5. The number of carbonyl (C=O) groups excluding carboxylic acids is 3. The van der Waals surface area contributed by atoms with E-state index < -0.39 is 41.1 Å². The first-order valence-electron chi connectivity index (χ1n) is 11.2. The van der Waals surface area contributed by atoms with E-state index in [1.54, 1.807) is 30.9 Å². The van der Waals surface area contributed by atoms with Gasteiger partial charge in [-0.15, -0.1) is 0 Å². The molecule has 0 saturated carbocycles. The van der Waals surface area contributed by atoms with Crippen LogP contribution in [0, 0.1) is 11.8 Å². The van der Waals surface area contributed by atoms with Gasteiger partial charge in [0, 0.05) is 12.6 Å². The smallest absolute Gasteiger partial charge is 0.313 e. The SMILES string of the molecule is CCCC(C)N1CC=C[C@]23O[C@]4(C)C=CCOC(=O)[C@@H]4[C@H]2C(=O)N([C@H](C)CO)C3C1=O. The van der Waals surface area contributed by atoms with Gasteiger partial charge in [0.05, 0.1) is 24.2 Å². The average Bonchev–Trinajstić information content (AvgIpc) is 2.99. The van der Waals surface area contributed by atoms with Crippen LogP contribution in [0.2, 0.25) is 0 Å². The number of likely N-dealkylation sites (tertiary alicyclic amines) is 1. The van der Waals surface area contributed by atoms with Gasteiger partial charge >= 0.3 is 5.97 Å². The summed E-state index contributed by atoms with van der Waals surface area (Å²) in [4.78, 5) is 43.8. The minimum absolute atomic E-state index is 0.00920. The molecule has 1 spiro atoms. The molecule has 170 valence electrons. The van der Waals surface area contributed by atoms with Crippen molar-refractivity contribution < 1.29 is 29.0 Å². The Morgan fingerprint density at radius 2 is 1.87 bits per heavy atom. The molecular formula is C23H32N2O6. The summed E-state index contributed by atoms with van der Waals surface area (Å²) in [6.07, 6.45) is 8.95. The standard InChI is InChI=1S/C23H32N2O6/c1-5-8-14(2)24-11-6-10-23-16(17-21(29)30-12-7-9-22(17,4)31-23)19(27)25(15(3)13-26)18(23)20(24)28/h6-7,9-10,14-18,26H,5,8,11-13H2,1-4H3/t14?,15-,16+,17+,18?,22-,23+/m1/s1. The van der Waals surface area contributed by atoms with Crippen LogP contribution in [-0.4, -0.2) is 81.8 Å². The monoisotopic (exact) mass is 432 g/mol. The van der Waals surface area contributed by atoms with Gasteiger partial charge in [-0.25, -0.2) is 0 Å². The van der Waals surface area contributed by atoms with Gasteiger partial charge < -0.3 is 24.4 Å². The third-order valence-electron chi connectivity index (χ3n) is 7.26. The highest BCUT2D eigenvalue weighted by Gasteiger charge is 2.75. The molecule has 0 radical (unpaired) electrons. The lowest BCUT2D eigenvalue weighted by atomic mass is 9.74. The Morgan fingerprint density at radius 1 is 1.13 bits per heavy atom. The number of amides is 2. The van der Waals surface area contributed by atoms with Gasteiger partial charge in [-0.3, -0.25) is 14.4 Å². The maximum atomic E-state index is 13.9. The quantitative estimate of drug-likeness (QED) is 0.515. The van der Waals surface area contributed by atoms with Gasteiger partial charge in [-0.1, -0.05) is 31.6 Å². The van der Waals surface area contributed by atoms with Crippen LogP contribution in [0.1, 0.15) is 40.5 Å². The van der Waals surface area contributed by atoms with Gasteiger partial charge in [0.15, 0.2) is 0 Å². The molecule has 8 nitrogen and oxygen atoms in total. The van der Waals surface area contributed by atoms with E-state index in [9.17, 15) is 19.5 Å². The fourth-order valence-corrected chi connectivity index (χ4v) is 5.84. The first-order valence-corrected chi connectivity index (χ1v) is 11.2. The van der Waals surface area contributed by atoms with Crippen molar-refractivity contribution >= 4 is 17.8 Å². The summed E-state index contributed by atoms with van der Waals surface area (Å²) in [6.45, 7) is 7.79. The summed E-state index contributed by atoms with van der Waals surface area (Å²) < 4.78 is 11.9. The van der Waals surface area contributed by atoms with E-state index in [1.807, 2.05) is 19.1 Å². The first-order chi connectivity index (χ1) is 14.7. The number of ether oxygens (including phenoxy) is 2. The molecule has 1 N–H and O–H groups in total. The number of fused-ring (bicyclic) bond motifs is 2. The van der Waals surface area contributed by atoms with Crippen molar-refractivity contribution in [3.8, 4) is 0 Å². The Hall–Kier alpha value is -2.19. The molecule has 2 unspecified atom stereocenters. The molecule has 2 fully saturated rings. The summed E-state index contributed by atoms with van der Waals surface area (Å²) in [7, 11) is 0. The Morgan fingerprint density at radius 3 is 2.55 bits per heavy atom. The molecule has 31 heavy (non-hydrogen) atoms. The van der Waals surface area contributed by atoms with E-state index in [-0.39, 0.29) is 31.1 Å². The summed E-state index contributed by atoms with van der Waals surface area (Å²) >= 11 is 0. The zero-order valence-corrected chi connectivity index (χ0v) is 18.6. The Kier molecular flexibility index (Phi) is 5.50. The van der Waals surface area contributed by atoms with Crippen LogP contribution in [0.3, 0.4) is 0 Å². The summed E-state index contributed by atoms with van der Waals surface area (Å²) in [5.74, 6) is -2.82. The molecule has 4 aliphatic rings. The minimum atomic E-state index is -1.29. The maximum absolute atomic E-state index is 13.9. The van der Waals surface area contributed by atoms with Crippen molar-refractivity contribution in [2.24, 2.45) is 11.8 Å². The predicted octanol–water partition coefficient (Wildman–Crippen LogP) is 1.04. The van der Waals surface area contributed by atoms with Crippen molar-refractivity contribution in [3.63, 3.8) is 0 Å². The van der Waals surface area contributed by atoms with Crippen LogP contribution in [0.25, 0.3) is 0 Å². The van der Waals surface area contributed by atoms with Crippen molar-refractivity contribution in [3.05, 3.63) is 24.3 Å². The molecule has 2 amide bonds. The van der Waals surface area contributed by atoms with Gasteiger partial charge in [0.25, 0.3) is 0 Å². The number of nitrogens with zero attached hydrogens (tertiary/aromatic N) is 2. The molecular weight excluding hydrogens is 400 g/mol. The van der Waals surface area contributed by atoms with Crippen molar-refractivity contribution in [1.82, 2.24) is 9.80 Å². The highest BCUT2D eigenvalue weighted by molar-refractivity contribution is 5.99.